The summed E-state index contributed by atoms with van der Waals surface area (Å²) in [7, 11) is 0. The zero-order chi connectivity index (χ0) is 18.5. The maximum absolute atomic E-state index is 5.90. The lowest BCUT2D eigenvalue weighted by atomic mass is 10.2. The molecule has 0 atom stereocenters. The van der Waals surface area contributed by atoms with Crippen LogP contribution < -0.4 is 4.74 Å². The number of fused-ring (bicyclic) bond motifs is 1. The molecule has 0 aliphatic heterocycles. The van der Waals surface area contributed by atoms with E-state index < -0.39 is 0 Å². The predicted molar refractivity (Wildman–Crippen MR) is 113 cm³/mol. The Bertz CT molecular complexity index is 1020. The molecule has 136 valence electrons. The lowest BCUT2D eigenvalue weighted by molar-refractivity contribution is 0.344. The molecule has 4 aromatic rings. The van der Waals surface area contributed by atoms with Gasteiger partial charge >= 0.3 is 0 Å². The molecule has 0 bridgehead atoms. The Morgan fingerprint density at radius 2 is 1.63 bits per heavy atom. The third-order valence-electron chi connectivity index (χ3n) is 4.20. The van der Waals surface area contributed by atoms with Crippen molar-refractivity contribution in [2.45, 2.75) is 11.7 Å². The first-order valence-electron chi connectivity index (χ1n) is 8.80. The Labute approximate surface area is 168 Å². The summed E-state index contributed by atoms with van der Waals surface area (Å²) >= 11 is 7.62. The summed E-state index contributed by atoms with van der Waals surface area (Å²) in [4.78, 5) is 4.82. The van der Waals surface area contributed by atoms with Crippen LogP contribution in [0.5, 0.6) is 5.75 Å². The lowest BCUT2D eigenvalue weighted by Crippen LogP contribution is -2.04. The summed E-state index contributed by atoms with van der Waals surface area (Å²) in [6, 6.07) is 26.2. The van der Waals surface area contributed by atoms with E-state index in [2.05, 4.69) is 47.0 Å². The van der Waals surface area contributed by atoms with Gasteiger partial charge in [0.2, 0.25) is 0 Å². The first kappa shape index (κ1) is 18.0. The number of hydrogen-bond acceptors (Lipinski definition) is 3. The van der Waals surface area contributed by atoms with Gasteiger partial charge in [-0.3, -0.25) is 0 Å². The van der Waals surface area contributed by atoms with Crippen LogP contribution in [0.15, 0.2) is 84.0 Å². The number of para-hydroxylation sites is 2. The van der Waals surface area contributed by atoms with Crippen molar-refractivity contribution in [3.63, 3.8) is 0 Å². The fourth-order valence-corrected chi connectivity index (χ4v) is 3.86. The molecular weight excluding hydrogens is 376 g/mol. The molecule has 0 saturated carbocycles. The van der Waals surface area contributed by atoms with E-state index in [1.165, 1.54) is 5.56 Å². The molecule has 0 spiro atoms. The van der Waals surface area contributed by atoms with Crippen molar-refractivity contribution < 1.29 is 4.74 Å². The minimum Gasteiger partial charge on any atom is -0.493 e. The fourth-order valence-electron chi connectivity index (χ4n) is 2.91. The van der Waals surface area contributed by atoms with Crippen molar-refractivity contribution in [2.24, 2.45) is 0 Å². The second kappa shape index (κ2) is 8.51. The van der Waals surface area contributed by atoms with Gasteiger partial charge in [-0.15, -0.1) is 0 Å². The quantitative estimate of drug-likeness (QED) is 0.288. The SMILES string of the molecule is Clc1ccc(OCCSc2nc3ccccc3n2Cc2ccccc2)cc1. The predicted octanol–water partition coefficient (Wildman–Crippen LogP) is 5.91. The van der Waals surface area contributed by atoms with Gasteiger partial charge in [-0.25, -0.2) is 4.98 Å². The summed E-state index contributed by atoms with van der Waals surface area (Å²) in [5.41, 5.74) is 3.44. The minimum atomic E-state index is 0.612. The number of thioether (sulfide) groups is 1. The number of aromatic nitrogens is 2. The highest BCUT2D eigenvalue weighted by atomic mass is 35.5. The molecule has 5 heteroatoms. The fraction of sp³-hybridized carbons (Fsp3) is 0.136. The molecule has 1 heterocycles. The Kier molecular flexibility index (Phi) is 5.66. The standard InChI is InChI=1S/C22H19ClN2OS/c23-18-10-12-19(13-11-18)26-14-15-27-22-24-20-8-4-5-9-21(20)25(22)16-17-6-2-1-3-7-17/h1-13H,14-16H2. The van der Waals surface area contributed by atoms with Crippen LogP contribution in [-0.4, -0.2) is 21.9 Å². The van der Waals surface area contributed by atoms with Gasteiger partial charge < -0.3 is 9.30 Å². The summed E-state index contributed by atoms with van der Waals surface area (Å²) in [5.74, 6) is 1.65. The van der Waals surface area contributed by atoms with Crippen molar-refractivity contribution in [1.82, 2.24) is 9.55 Å². The number of ether oxygens (including phenoxy) is 1. The summed E-state index contributed by atoms with van der Waals surface area (Å²) < 4.78 is 8.07. The number of benzene rings is 3. The molecule has 27 heavy (non-hydrogen) atoms. The van der Waals surface area contributed by atoms with E-state index in [-0.39, 0.29) is 0 Å². The van der Waals surface area contributed by atoms with Crippen LogP contribution in [0.1, 0.15) is 5.56 Å². The second-order valence-corrected chi connectivity index (χ2v) is 7.60. The van der Waals surface area contributed by atoms with Crippen LogP contribution >= 0.6 is 23.4 Å². The smallest absolute Gasteiger partial charge is 0.169 e. The van der Waals surface area contributed by atoms with E-state index in [0.29, 0.717) is 11.6 Å². The summed E-state index contributed by atoms with van der Waals surface area (Å²) in [5, 5.41) is 1.73. The van der Waals surface area contributed by atoms with Gasteiger partial charge in [-0.1, -0.05) is 65.8 Å². The first-order valence-corrected chi connectivity index (χ1v) is 10.2. The highest BCUT2D eigenvalue weighted by Gasteiger charge is 2.11. The lowest BCUT2D eigenvalue weighted by Gasteiger charge is -2.10. The van der Waals surface area contributed by atoms with Crippen LogP contribution in [-0.2, 0) is 6.54 Å². The highest BCUT2D eigenvalue weighted by molar-refractivity contribution is 7.99. The molecule has 4 rings (SSSR count). The van der Waals surface area contributed by atoms with E-state index in [0.717, 1.165) is 34.2 Å². The van der Waals surface area contributed by atoms with Gasteiger partial charge in [0.1, 0.15) is 5.75 Å². The Balaban J connectivity index is 1.47. The number of hydrogen-bond donors (Lipinski definition) is 0. The van der Waals surface area contributed by atoms with Gasteiger partial charge in [0.25, 0.3) is 0 Å². The van der Waals surface area contributed by atoms with Crippen molar-refractivity contribution in [2.75, 3.05) is 12.4 Å². The highest BCUT2D eigenvalue weighted by Crippen LogP contribution is 2.25. The second-order valence-electron chi connectivity index (χ2n) is 6.11. The Morgan fingerprint density at radius 1 is 0.889 bits per heavy atom. The molecule has 0 aliphatic rings. The van der Waals surface area contributed by atoms with E-state index in [4.69, 9.17) is 21.3 Å². The van der Waals surface area contributed by atoms with Crippen LogP contribution in [0.3, 0.4) is 0 Å². The van der Waals surface area contributed by atoms with Gasteiger partial charge in [0.05, 0.1) is 24.2 Å². The monoisotopic (exact) mass is 394 g/mol. The van der Waals surface area contributed by atoms with Crippen LogP contribution in [0, 0.1) is 0 Å². The average molecular weight is 395 g/mol. The van der Waals surface area contributed by atoms with Crippen molar-refractivity contribution >= 4 is 34.4 Å². The van der Waals surface area contributed by atoms with Gasteiger partial charge in [0.15, 0.2) is 5.16 Å². The molecule has 0 aliphatic carbocycles. The minimum absolute atomic E-state index is 0.612. The van der Waals surface area contributed by atoms with Crippen molar-refractivity contribution in [3.8, 4) is 5.75 Å². The normalized spacial score (nSPS) is 11.0. The zero-order valence-electron chi connectivity index (χ0n) is 14.7. The van der Waals surface area contributed by atoms with Gasteiger partial charge in [-0.05, 0) is 42.0 Å². The Morgan fingerprint density at radius 3 is 2.44 bits per heavy atom. The molecule has 0 unspecified atom stereocenters. The third-order valence-corrected chi connectivity index (χ3v) is 5.39. The molecule has 1 aromatic heterocycles. The molecule has 0 saturated heterocycles. The maximum atomic E-state index is 5.90. The Hall–Kier alpha value is -2.43. The van der Waals surface area contributed by atoms with Crippen LogP contribution in [0.4, 0.5) is 0 Å². The van der Waals surface area contributed by atoms with Crippen LogP contribution in [0.2, 0.25) is 5.02 Å². The van der Waals surface area contributed by atoms with E-state index >= 15 is 0 Å². The van der Waals surface area contributed by atoms with E-state index in [1.54, 1.807) is 11.8 Å². The molecule has 0 radical (unpaired) electrons. The topological polar surface area (TPSA) is 27.1 Å². The molecule has 0 N–H and O–H groups in total. The summed E-state index contributed by atoms with van der Waals surface area (Å²) in [6.07, 6.45) is 0. The van der Waals surface area contributed by atoms with Crippen molar-refractivity contribution in [1.29, 1.82) is 0 Å². The number of halogens is 1. The number of nitrogens with zero attached hydrogens (tertiary/aromatic N) is 2. The maximum Gasteiger partial charge on any atom is 0.169 e. The van der Waals surface area contributed by atoms with E-state index in [1.807, 2.05) is 36.4 Å². The molecule has 3 nitrogen and oxygen atoms in total. The van der Waals surface area contributed by atoms with Gasteiger partial charge in [-0.2, -0.15) is 0 Å². The van der Waals surface area contributed by atoms with Gasteiger partial charge in [0, 0.05) is 10.8 Å². The molecule has 0 amide bonds. The molecule has 3 aromatic carbocycles. The summed E-state index contributed by atoms with van der Waals surface area (Å²) in [6.45, 7) is 1.42. The van der Waals surface area contributed by atoms with Crippen molar-refractivity contribution in [3.05, 3.63) is 89.4 Å². The first-order chi connectivity index (χ1) is 13.3. The number of imidazole rings is 1. The molecular formula is C22H19ClN2OS. The average Bonchev–Trinajstić information content (AvgIpc) is 3.05. The zero-order valence-corrected chi connectivity index (χ0v) is 16.3. The van der Waals surface area contributed by atoms with Crippen LogP contribution in [0.25, 0.3) is 11.0 Å². The van der Waals surface area contributed by atoms with E-state index in [9.17, 15) is 0 Å². The number of rotatable bonds is 7. The third kappa shape index (κ3) is 4.46. The molecule has 0 fully saturated rings. The largest absolute Gasteiger partial charge is 0.493 e.